The molecule has 0 unspecified atom stereocenters. The first-order chi connectivity index (χ1) is 17.7. The van der Waals surface area contributed by atoms with Gasteiger partial charge in [0.1, 0.15) is 0 Å². The lowest BCUT2D eigenvalue weighted by Crippen LogP contribution is -2.36. The number of thioether (sulfide) groups is 1. The highest BCUT2D eigenvalue weighted by atomic mass is 32.2. The van der Waals surface area contributed by atoms with Gasteiger partial charge in [0, 0.05) is 37.1 Å². The Hall–Kier alpha value is -2.76. The van der Waals surface area contributed by atoms with Crippen LogP contribution in [0.15, 0.2) is 82.6 Å². The van der Waals surface area contributed by atoms with Gasteiger partial charge in [0.15, 0.2) is 5.13 Å². The molecule has 194 valence electrons. The van der Waals surface area contributed by atoms with Gasteiger partial charge in [0.25, 0.3) is 5.91 Å². The zero-order chi connectivity index (χ0) is 26.6. The van der Waals surface area contributed by atoms with Gasteiger partial charge in [-0.3, -0.25) is 9.69 Å². The number of sulfonamides is 1. The zero-order valence-electron chi connectivity index (χ0n) is 21.3. The average Bonchev–Trinajstić information content (AvgIpc) is 3.33. The number of benzene rings is 3. The maximum atomic E-state index is 13.6. The lowest BCUT2D eigenvalue weighted by Gasteiger charge is -2.22. The van der Waals surface area contributed by atoms with Crippen molar-refractivity contribution in [3.05, 3.63) is 83.9 Å². The maximum Gasteiger partial charge on any atom is 0.260 e. The summed E-state index contributed by atoms with van der Waals surface area (Å²) >= 11 is 3.11. The second-order valence-electron chi connectivity index (χ2n) is 8.83. The standard InChI is InChI=1S/C27H30N4O3S3/c1-29(2)17-18-31(27-28-25-23(35-4)11-8-12-24(25)36-27)26(32)21-13-15-22(16-14-21)37(33,34)30(3)19-20-9-6-5-7-10-20/h5-16H,17-19H2,1-4H3. The van der Waals surface area contributed by atoms with Crippen LogP contribution in [-0.4, -0.2) is 69.0 Å². The molecular formula is C27H30N4O3S3. The topological polar surface area (TPSA) is 73.8 Å². The Morgan fingerprint density at radius 1 is 0.919 bits per heavy atom. The Balaban J connectivity index is 1.60. The summed E-state index contributed by atoms with van der Waals surface area (Å²) in [6, 6.07) is 21.6. The predicted molar refractivity (Wildman–Crippen MR) is 153 cm³/mol. The van der Waals surface area contributed by atoms with Crippen molar-refractivity contribution in [2.45, 2.75) is 16.3 Å². The van der Waals surface area contributed by atoms with Crippen molar-refractivity contribution in [3.8, 4) is 0 Å². The van der Waals surface area contributed by atoms with Crippen molar-refractivity contribution in [2.24, 2.45) is 0 Å². The maximum absolute atomic E-state index is 13.6. The number of thiazole rings is 1. The number of anilines is 1. The number of rotatable bonds is 10. The van der Waals surface area contributed by atoms with Crippen molar-refractivity contribution in [1.82, 2.24) is 14.2 Å². The molecule has 0 aliphatic heterocycles. The van der Waals surface area contributed by atoms with Crippen molar-refractivity contribution in [1.29, 1.82) is 0 Å². The van der Waals surface area contributed by atoms with E-state index in [1.807, 2.05) is 73.8 Å². The van der Waals surface area contributed by atoms with Crippen LogP contribution in [0.2, 0.25) is 0 Å². The molecule has 0 radical (unpaired) electrons. The predicted octanol–water partition coefficient (Wildman–Crippen LogP) is 5.05. The summed E-state index contributed by atoms with van der Waals surface area (Å²) in [7, 11) is 1.76. The lowest BCUT2D eigenvalue weighted by atomic mass is 10.2. The van der Waals surface area contributed by atoms with Gasteiger partial charge in [-0.1, -0.05) is 47.7 Å². The molecule has 0 saturated heterocycles. The molecule has 0 saturated carbocycles. The van der Waals surface area contributed by atoms with E-state index < -0.39 is 10.0 Å². The Morgan fingerprint density at radius 3 is 2.27 bits per heavy atom. The van der Waals surface area contributed by atoms with E-state index in [2.05, 4.69) is 0 Å². The van der Waals surface area contributed by atoms with Gasteiger partial charge in [-0.15, -0.1) is 11.8 Å². The average molecular weight is 555 g/mol. The summed E-state index contributed by atoms with van der Waals surface area (Å²) in [5.74, 6) is -0.215. The van der Waals surface area contributed by atoms with Gasteiger partial charge >= 0.3 is 0 Å². The summed E-state index contributed by atoms with van der Waals surface area (Å²) < 4.78 is 28.6. The summed E-state index contributed by atoms with van der Waals surface area (Å²) in [4.78, 5) is 23.3. The number of likely N-dealkylation sites (N-methyl/N-ethyl adjacent to an activating group) is 1. The highest BCUT2D eigenvalue weighted by molar-refractivity contribution is 7.98. The molecule has 37 heavy (non-hydrogen) atoms. The van der Waals surface area contributed by atoms with E-state index in [4.69, 9.17) is 4.98 Å². The summed E-state index contributed by atoms with van der Waals surface area (Å²) in [5, 5.41) is 0.627. The number of aromatic nitrogens is 1. The molecule has 1 heterocycles. The molecule has 0 aliphatic carbocycles. The highest BCUT2D eigenvalue weighted by Gasteiger charge is 2.25. The number of para-hydroxylation sites is 1. The molecule has 0 aliphatic rings. The van der Waals surface area contributed by atoms with Gasteiger partial charge in [-0.25, -0.2) is 13.4 Å². The molecule has 7 nitrogen and oxygen atoms in total. The molecule has 4 rings (SSSR count). The molecule has 0 bridgehead atoms. The lowest BCUT2D eigenvalue weighted by molar-refractivity contribution is 0.0985. The van der Waals surface area contributed by atoms with Crippen molar-refractivity contribution < 1.29 is 13.2 Å². The van der Waals surface area contributed by atoms with Crippen LogP contribution in [-0.2, 0) is 16.6 Å². The molecule has 0 N–H and O–H groups in total. The fraction of sp³-hybridized carbons (Fsp3) is 0.259. The van der Waals surface area contributed by atoms with E-state index in [1.165, 1.54) is 27.8 Å². The number of amides is 1. The molecule has 0 spiro atoms. The molecule has 1 amide bonds. The van der Waals surface area contributed by atoms with Crippen LogP contribution in [0.4, 0.5) is 5.13 Å². The van der Waals surface area contributed by atoms with Crippen LogP contribution in [0.25, 0.3) is 10.2 Å². The van der Waals surface area contributed by atoms with Crippen LogP contribution < -0.4 is 4.90 Å². The minimum atomic E-state index is -3.71. The second kappa shape index (κ2) is 11.7. The monoisotopic (exact) mass is 554 g/mol. The summed E-state index contributed by atoms with van der Waals surface area (Å²) in [6.45, 7) is 1.38. The van der Waals surface area contributed by atoms with Crippen LogP contribution in [0.3, 0.4) is 0 Å². The quantitative estimate of drug-likeness (QED) is 0.256. The van der Waals surface area contributed by atoms with Crippen molar-refractivity contribution in [2.75, 3.05) is 45.4 Å². The minimum Gasteiger partial charge on any atom is -0.308 e. The van der Waals surface area contributed by atoms with Gasteiger partial charge < -0.3 is 4.90 Å². The Bertz CT molecular complexity index is 1470. The number of hydrogen-bond donors (Lipinski definition) is 0. The van der Waals surface area contributed by atoms with Crippen molar-refractivity contribution in [3.63, 3.8) is 0 Å². The SMILES string of the molecule is CSc1cccc2sc(N(CCN(C)C)C(=O)c3ccc(S(=O)(=O)N(C)Cc4ccccc4)cc3)nc12. The third kappa shape index (κ3) is 6.22. The van der Waals surface area contributed by atoms with E-state index in [-0.39, 0.29) is 17.3 Å². The van der Waals surface area contributed by atoms with E-state index >= 15 is 0 Å². The van der Waals surface area contributed by atoms with Crippen LogP contribution in [0, 0.1) is 0 Å². The normalized spacial score (nSPS) is 11.9. The minimum absolute atomic E-state index is 0.145. The Labute approximate surface area is 226 Å². The zero-order valence-corrected chi connectivity index (χ0v) is 23.7. The first kappa shape index (κ1) is 27.3. The highest BCUT2D eigenvalue weighted by Crippen LogP contribution is 2.34. The molecule has 10 heteroatoms. The second-order valence-corrected chi connectivity index (χ2v) is 12.7. The van der Waals surface area contributed by atoms with Crippen molar-refractivity contribution >= 4 is 54.4 Å². The first-order valence-electron chi connectivity index (χ1n) is 11.7. The molecule has 3 aromatic carbocycles. The van der Waals surface area contributed by atoms with Crippen LogP contribution >= 0.6 is 23.1 Å². The number of carbonyl (C=O) groups excluding carboxylic acids is 1. The Kier molecular flexibility index (Phi) is 8.66. The van der Waals surface area contributed by atoms with E-state index in [1.54, 1.807) is 35.8 Å². The third-order valence-electron chi connectivity index (χ3n) is 5.89. The third-order valence-corrected chi connectivity index (χ3v) is 9.53. The van der Waals surface area contributed by atoms with Crippen LogP contribution in [0.1, 0.15) is 15.9 Å². The van der Waals surface area contributed by atoms with Crippen LogP contribution in [0.5, 0.6) is 0 Å². The number of carbonyl (C=O) groups is 1. The number of nitrogens with zero attached hydrogens (tertiary/aromatic N) is 4. The largest absolute Gasteiger partial charge is 0.308 e. The van der Waals surface area contributed by atoms with E-state index in [0.29, 0.717) is 23.8 Å². The molecular weight excluding hydrogens is 525 g/mol. The van der Waals surface area contributed by atoms with E-state index in [9.17, 15) is 13.2 Å². The molecule has 0 atom stereocenters. The molecule has 0 fully saturated rings. The summed E-state index contributed by atoms with van der Waals surface area (Å²) in [5.41, 5.74) is 2.20. The Morgan fingerprint density at radius 2 is 1.62 bits per heavy atom. The summed E-state index contributed by atoms with van der Waals surface area (Å²) in [6.07, 6.45) is 2.01. The van der Waals surface area contributed by atoms with E-state index in [0.717, 1.165) is 20.7 Å². The molecule has 1 aromatic heterocycles. The number of hydrogen-bond acceptors (Lipinski definition) is 7. The van der Waals surface area contributed by atoms with Gasteiger partial charge in [0.05, 0.1) is 15.1 Å². The first-order valence-corrected chi connectivity index (χ1v) is 15.2. The fourth-order valence-corrected chi connectivity index (χ4v) is 6.61. The smallest absolute Gasteiger partial charge is 0.260 e. The fourth-order valence-electron chi connectivity index (χ4n) is 3.81. The molecule has 4 aromatic rings. The van der Waals surface area contributed by atoms with Gasteiger partial charge in [-0.2, -0.15) is 4.31 Å². The van der Waals surface area contributed by atoms with Gasteiger partial charge in [-0.05, 0) is 62.3 Å². The number of fused-ring (bicyclic) bond motifs is 1. The van der Waals surface area contributed by atoms with Gasteiger partial charge in [0.2, 0.25) is 10.0 Å².